The van der Waals surface area contributed by atoms with Crippen LogP contribution in [0.15, 0.2) is 73.2 Å². The van der Waals surface area contributed by atoms with Gasteiger partial charge in [0.05, 0.1) is 38.4 Å². The summed E-state index contributed by atoms with van der Waals surface area (Å²) < 4.78 is 0. The van der Waals surface area contributed by atoms with Crippen LogP contribution in [0.5, 0.6) is 0 Å². The van der Waals surface area contributed by atoms with Crippen molar-refractivity contribution in [2.75, 3.05) is 19.7 Å². The Hall–Kier alpha value is -9.32. The van der Waals surface area contributed by atoms with E-state index in [-0.39, 0.29) is 32.2 Å². The van der Waals surface area contributed by atoms with Crippen LogP contribution in [-0.4, -0.2) is 186 Å². The minimum Gasteiger partial charge on any atom is -0.481 e. The van der Waals surface area contributed by atoms with Gasteiger partial charge in [-0.25, -0.2) is 9.78 Å². The molecule has 0 bridgehead atoms. The number of benzene rings is 2. The lowest BCUT2D eigenvalue weighted by molar-refractivity contribution is -0.144. The van der Waals surface area contributed by atoms with Gasteiger partial charge in [-0.2, -0.15) is 0 Å². The predicted octanol–water partition coefficient (Wildman–Crippen LogP) is -4.79. The SMILES string of the molecule is CC(C)[C@H](NC(=O)[C@H](CO)NC(=O)CNC(=O)[C@@H]1CCCN1C(=O)[C@@H](N)Cc1cnc[nH]1)C(=O)N[C@@H](CC(N)=O)C(=O)N[C@@H](CCC(=O)O)C(=O)N[C@@H](Cc1ccccc1)C(=O)N[C@@H](CC(=O)O)C(=O)N[C@@H](Cc1ccccc1)C(=O)O. The van der Waals surface area contributed by atoms with Gasteiger partial charge in [-0.15, -0.1) is 0 Å². The maximum atomic E-state index is 14.1. The number of carbonyl (C=O) groups is 13. The number of aromatic amines is 1. The number of aromatic nitrogens is 2. The first-order chi connectivity index (χ1) is 38.9. The van der Waals surface area contributed by atoms with Gasteiger partial charge in [0.2, 0.25) is 59.1 Å². The highest BCUT2D eigenvalue weighted by molar-refractivity contribution is 6.00. The Morgan fingerprint density at radius 2 is 1.17 bits per heavy atom. The summed E-state index contributed by atoms with van der Waals surface area (Å²) in [5.74, 6) is -15.7. The van der Waals surface area contributed by atoms with Gasteiger partial charge < -0.3 is 84.3 Å². The maximum Gasteiger partial charge on any atom is 0.326 e. The summed E-state index contributed by atoms with van der Waals surface area (Å²) in [5.41, 5.74) is 13.1. The third-order valence-electron chi connectivity index (χ3n) is 12.8. The van der Waals surface area contributed by atoms with E-state index in [1.54, 1.807) is 60.7 Å². The number of aliphatic carboxylic acids is 3. The molecular formula is C52H69N13O17. The number of likely N-dealkylation sites (tertiary alicyclic amines) is 1. The van der Waals surface area contributed by atoms with Crippen LogP contribution in [0.1, 0.15) is 69.2 Å². The number of nitrogens with one attached hydrogen (secondary N) is 9. The molecule has 30 nitrogen and oxygen atoms in total. The molecule has 4 rings (SSSR count). The normalized spacial score (nSPS) is 15.8. The fourth-order valence-electron chi connectivity index (χ4n) is 8.54. The highest BCUT2D eigenvalue weighted by atomic mass is 16.4. The van der Waals surface area contributed by atoms with Crippen molar-refractivity contribution in [3.8, 4) is 0 Å². The van der Waals surface area contributed by atoms with Crippen LogP contribution in [-0.2, 0) is 81.6 Å². The van der Waals surface area contributed by atoms with Gasteiger partial charge in [-0.3, -0.25) is 57.5 Å². The standard InChI is InChI=1S/C52H69N13O17/c1-27(2)43(64-48(77)37(25-66)58-40(68)24-56-49(78)38-14-9-17-65(38)51(80)31(53)20-30-23-55-26-57-30)50(79)62-34(21-39(54)67)46(75)59-32(15-16-41(69)70)44(73)60-33(18-28-10-5-3-6-11-28)45(74)61-35(22-42(71)72)47(76)63-36(52(81)82)19-29-12-7-4-8-13-29/h3-8,10-13,23,26-27,31-38,43,66H,9,14-22,24-25,53H2,1-2H3,(H2,54,67)(H,55,57)(H,56,78)(H,58,68)(H,59,75)(H,60,73)(H,61,74)(H,62,79)(H,63,76)(H,64,77)(H,69,70)(H,71,72)(H,81,82)/t31-,32-,33-,34-,35-,36-,37-,38-,43-/m0/s1. The smallest absolute Gasteiger partial charge is 0.326 e. The van der Waals surface area contributed by atoms with E-state index in [9.17, 15) is 82.8 Å². The summed E-state index contributed by atoms with van der Waals surface area (Å²) in [5, 5.41) is 57.6. The van der Waals surface area contributed by atoms with E-state index >= 15 is 0 Å². The van der Waals surface area contributed by atoms with Crippen molar-refractivity contribution in [1.82, 2.24) is 57.4 Å². The number of aliphatic hydroxyl groups is 1. The highest BCUT2D eigenvalue weighted by Gasteiger charge is 2.38. The van der Waals surface area contributed by atoms with E-state index in [4.69, 9.17) is 11.5 Å². The summed E-state index contributed by atoms with van der Waals surface area (Å²) in [6.07, 6.45) is -0.203. The molecule has 10 amide bonds. The van der Waals surface area contributed by atoms with Crippen LogP contribution >= 0.6 is 0 Å². The van der Waals surface area contributed by atoms with Crippen molar-refractivity contribution < 1.29 is 82.8 Å². The first-order valence-electron chi connectivity index (χ1n) is 25.9. The Labute approximate surface area is 469 Å². The minimum absolute atomic E-state index is 0.129. The lowest BCUT2D eigenvalue weighted by atomic mass is 10.0. The second-order valence-electron chi connectivity index (χ2n) is 19.6. The fourth-order valence-corrected chi connectivity index (χ4v) is 8.54. The highest BCUT2D eigenvalue weighted by Crippen LogP contribution is 2.19. The summed E-state index contributed by atoms with van der Waals surface area (Å²) in [6, 6.07) is 1.81. The van der Waals surface area contributed by atoms with Crippen molar-refractivity contribution in [3.63, 3.8) is 0 Å². The molecule has 1 aromatic heterocycles. The number of carboxylic acid groups (broad SMARTS) is 3. The second kappa shape index (κ2) is 32.1. The molecule has 82 heavy (non-hydrogen) atoms. The maximum absolute atomic E-state index is 14.1. The van der Waals surface area contributed by atoms with Crippen LogP contribution in [0, 0.1) is 5.92 Å². The van der Waals surface area contributed by atoms with Gasteiger partial charge in [0, 0.05) is 44.1 Å². The number of carbonyl (C=O) groups excluding carboxylic acids is 10. The fraction of sp³-hybridized carbons (Fsp3) is 0.462. The van der Waals surface area contributed by atoms with E-state index in [1.807, 2.05) is 0 Å². The first kappa shape index (κ1) is 65.2. The van der Waals surface area contributed by atoms with E-state index < -0.39 is 176 Å². The van der Waals surface area contributed by atoms with Gasteiger partial charge in [0.1, 0.15) is 48.3 Å². The monoisotopic (exact) mass is 1150 g/mol. The van der Waals surface area contributed by atoms with Crippen LogP contribution < -0.4 is 54.0 Å². The number of hydrogen-bond acceptors (Lipinski definition) is 16. The molecule has 2 aromatic carbocycles. The number of rotatable bonds is 33. The molecule has 0 saturated carbocycles. The average Bonchev–Trinajstić information content (AvgIpc) is 4.22. The number of H-pyrrole nitrogens is 1. The van der Waals surface area contributed by atoms with Crippen molar-refractivity contribution in [3.05, 3.63) is 90.0 Å². The molecule has 0 spiro atoms. The van der Waals surface area contributed by atoms with Gasteiger partial charge in [-0.1, -0.05) is 74.5 Å². The van der Waals surface area contributed by atoms with Gasteiger partial charge >= 0.3 is 17.9 Å². The van der Waals surface area contributed by atoms with Gasteiger partial charge in [-0.05, 0) is 36.3 Å². The summed E-state index contributed by atoms with van der Waals surface area (Å²) in [4.78, 5) is 179. The van der Waals surface area contributed by atoms with Gasteiger partial charge in [0.25, 0.3) is 0 Å². The zero-order chi connectivity index (χ0) is 60.6. The Kier molecular flexibility index (Phi) is 25.5. The van der Waals surface area contributed by atoms with Crippen molar-refractivity contribution in [2.45, 2.75) is 126 Å². The third-order valence-corrected chi connectivity index (χ3v) is 12.8. The lowest BCUT2D eigenvalue weighted by Gasteiger charge is -2.28. The Morgan fingerprint density at radius 1 is 0.646 bits per heavy atom. The zero-order valence-corrected chi connectivity index (χ0v) is 44.8. The third kappa shape index (κ3) is 21.1. The number of primary amides is 1. The quantitative estimate of drug-likeness (QED) is 0.0272. The average molecular weight is 1150 g/mol. The summed E-state index contributed by atoms with van der Waals surface area (Å²) in [7, 11) is 0. The number of nitrogens with zero attached hydrogens (tertiary/aromatic N) is 2. The van der Waals surface area contributed by atoms with Gasteiger partial charge in [0.15, 0.2) is 0 Å². The molecule has 1 aliphatic heterocycles. The van der Waals surface area contributed by atoms with Crippen molar-refractivity contribution in [2.24, 2.45) is 17.4 Å². The topological polar surface area (TPSA) is 483 Å². The van der Waals surface area contributed by atoms with Crippen molar-refractivity contribution >= 4 is 77.0 Å². The summed E-state index contributed by atoms with van der Waals surface area (Å²) >= 11 is 0. The molecule has 9 atom stereocenters. The van der Waals surface area contributed by atoms with E-state index in [0.29, 0.717) is 23.2 Å². The summed E-state index contributed by atoms with van der Waals surface area (Å²) in [6.45, 7) is 1.43. The molecule has 30 heteroatoms. The largest absolute Gasteiger partial charge is 0.481 e. The molecule has 0 unspecified atom stereocenters. The van der Waals surface area contributed by atoms with Crippen LogP contribution in [0.25, 0.3) is 0 Å². The second-order valence-corrected chi connectivity index (χ2v) is 19.6. The molecule has 2 heterocycles. The molecule has 1 aliphatic rings. The Morgan fingerprint density at radius 3 is 1.71 bits per heavy atom. The molecule has 3 aromatic rings. The first-order valence-corrected chi connectivity index (χ1v) is 25.9. The predicted molar refractivity (Wildman–Crippen MR) is 284 cm³/mol. The van der Waals surface area contributed by atoms with E-state index in [0.717, 1.165) is 0 Å². The van der Waals surface area contributed by atoms with Crippen molar-refractivity contribution in [1.29, 1.82) is 0 Å². The molecule has 1 fully saturated rings. The number of hydrogen-bond donors (Lipinski definition) is 15. The molecule has 17 N–H and O–H groups in total. The number of aliphatic hydroxyl groups excluding tert-OH is 1. The van der Waals surface area contributed by atoms with Crippen LogP contribution in [0.2, 0.25) is 0 Å². The minimum atomic E-state index is -1.92. The molecule has 444 valence electrons. The Bertz CT molecular complexity index is 2750. The number of nitrogens with two attached hydrogens (primary N) is 2. The van der Waals surface area contributed by atoms with E-state index in [2.05, 4.69) is 52.5 Å². The lowest BCUT2D eigenvalue weighted by Crippen LogP contribution is -2.61. The molecule has 0 radical (unpaired) electrons. The molecule has 0 aliphatic carbocycles. The number of amides is 10. The van der Waals surface area contributed by atoms with Crippen LogP contribution in [0.4, 0.5) is 0 Å². The van der Waals surface area contributed by atoms with Crippen LogP contribution in [0.3, 0.4) is 0 Å². The molecule has 1 saturated heterocycles. The zero-order valence-electron chi connectivity index (χ0n) is 44.8. The molecular weight excluding hydrogens is 1080 g/mol. The number of imidazole rings is 1. The Balaban J connectivity index is 1.46. The number of carboxylic acids is 3. The van der Waals surface area contributed by atoms with E-state index in [1.165, 1.54) is 31.3 Å².